The van der Waals surface area contributed by atoms with Crippen LogP contribution < -0.4 is 10.6 Å². The molecule has 0 aliphatic carbocycles. The van der Waals surface area contributed by atoms with Gasteiger partial charge in [-0.25, -0.2) is 0 Å². The van der Waals surface area contributed by atoms with Crippen molar-refractivity contribution < 1.29 is 0 Å². The molecular formula is C10H6Cl6P2. The zero-order valence-corrected chi connectivity index (χ0v) is 15.0. The normalized spacial score (nSPS) is 14.7. The first-order valence-electron chi connectivity index (χ1n) is 4.70. The van der Waals surface area contributed by atoms with Gasteiger partial charge in [0.15, 0.2) is 0 Å². The van der Waals surface area contributed by atoms with Crippen molar-refractivity contribution in [1.29, 1.82) is 0 Å². The van der Waals surface area contributed by atoms with E-state index in [1.54, 1.807) is 12.1 Å². The van der Waals surface area contributed by atoms with Gasteiger partial charge in [-0.2, -0.15) is 0 Å². The zero-order chi connectivity index (χ0) is 13.6. The van der Waals surface area contributed by atoms with Crippen LogP contribution in [0.5, 0.6) is 0 Å². The van der Waals surface area contributed by atoms with Gasteiger partial charge in [0.2, 0.25) is 0 Å². The van der Waals surface area contributed by atoms with E-state index in [2.05, 4.69) is 0 Å². The number of hydrogen-bond acceptors (Lipinski definition) is 0. The molecule has 0 nitrogen and oxygen atoms in total. The molecule has 2 aromatic carbocycles. The Balaban J connectivity index is 2.92. The molecule has 0 unspecified atom stereocenters. The molecule has 2 rings (SSSR count). The minimum absolute atomic E-state index is 0.481. The topological polar surface area (TPSA) is 0 Å². The van der Waals surface area contributed by atoms with Crippen LogP contribution in [0.2, 0.25) is 0 Å². The fourth-order valence-corrected chi connectivity index (χ4v) is 5.86. The van der Waals surface area contributed by atoms with Crippen LogP contribution in [0.4, 0.5) is 0 Å². The zero-order valence-electron chi connectivity index (χ0n) is 8.63. The summed E-state index contributed by atoms with van der Waals surface area (Å²) in [6.45, 7) is -1.35. The molecule has 0 aliphatic heterocycles. The average molecular weight is 401 g/mol. The van der Waals surface area contributed by atoms with Crippen molar-refractivity contribution in [2.45, 2.75) is 0 Å². The van der Waals surface area contributed by atoms with Crippen LogP contribution in [0.1, 0.15) is 0 Å². The number of halogens is 6. The second-order valence-corrected chi connectivity index (χ2v) is 20.3. The molecule has 0 N–H and O–H groups in total. The van der Waals surface area contributed by atoms with Crippen LogP contribution >= 0.6 is 78.1 Å². The first kappa shape index (κ1) is 15.7. The van der Waals surface area contributed by atoms with Gasteiger partial charge in [-0.05, 0) is 0 Å². The van der Waals surface area contributed by atoms with Gasteiger partial charge < -0.3 is 0 Å². The van der Waals surface area contributed by atoms with Crippen LogP contribution in [-0.2, 0) is 0 Å². The second kappa shape index (κ2) is 5.25. The Hall–Kier alpha value is 1.30. The van der Waals surface area contributed by atoms with E-state index in [9.17, 15) is 0 Å². The SMILES string of the molecule is ClP(Cl)c1cccc2cccc(P(Cl)(Cl)(Cl)Cl)c12. The molecule has 98 valence electrons. The summed E-state index contributed by atoms with van der Waals surface area (Å²) in [5.74, 6) is 0. The fraction of sp³-hybridized carbons (Fsp3) is 0. The van der Waals surface area contributed by atoms with Crippen molar-refractivity contribution in [3.8, 4) is 0 Å². The number of rotatable bonds is 2. The molecule has 0 spiro atoms. The van der Waals surface area contributed by atoms with E-state index in [0.29, 0.717) is 5.30 Å². The van der Waals surface area contributed by atoms with E-state index in [1.165, 1.54) is 0 Å². The third kappa shape index (κ3) is 3.30. The van der Waals surface area contributed by atoms with Gasteiger partial charge in [0.25, 0.3) is 0 Å². The Kier molecular flexibility index (Phi) is 4.57. The molecule has 0 saturated carbocycles. The molecule has 0 bridgehead atoms. The molecule has 0 radical (unpaired) electrons. The molecule has 0 heterocycles. The van der Waals surface area contributed by atoms with Gasteiger partial charge in [-0.3, -0.25) is 0 Å². The van der Waals surface area contributed by atoms with E-state index >= 15 is 0 Å². The Morgan fingerprint density at radius 1 is 0.833 bits per heavy atom. The minimum atomic E-state index is -3.96. The second-order valence-electron chi connectivity index (χ2n) is 3.61. The van der Waals surface area contributed by atoms with Gasteiger partial charge >= 0.3 is 136 Å². The quantitative estimate of drug-likeness (QED) is 0.474. The summed E-state index contributed by atoms with van der Waals surface area (Å²) in [5, 5.41) is 2.87. The summed E-state index contributed by atoms with van der Waals surface area (Å²) in [7, 11) is 0. The van der Waals surface area contributed by atoms with Crippen LogP contribution in [0, 0.1) is 0 Å². The maximum absolute atomic E-state index is 6.12. The molecule has 2 aromatic rings. The Morgan fingerprint density at radius 3 is 1.89 bits per heavy atom. The monoisotopic (exact) mass is 398 g/mol. The molecule has 0 atom stereocenters. The molecular weight excluding hydrogens is 395 g/mol. The Labute approximate surface area is 135 Å². The molecule has 8 heteroatoms. The first-order valence-corrected chi connectivity index (χ1v) is 13.7. The van der Waals surface area contributed by atoms with Crippen LogP contribution in [0.15, 0.2) is 36.4 Å². The van der Waals surface area contributed by atoms with Gasteiger partial charge in [-0.1, -0.05) is 0 Å². The van der Waals surface area contributed by atoms with Crippen molar-refractivity contribution in [2.75, 3.05) is 0 Å². The summed E-state index contributed by atoms with van der Waals surface area (Å²) in [4.78, 5) is 0. The summed E-state index contributed by atoms with van der Waals surface area (Å²) < 4.78 is -3.96. The van der Waals surface area contributed by atoms with Crippen molar-refractivity contribution in [1.82, 2.24) is 0 Å². The third-order valence-corrected chi connectivity index (χ3v) is 7.52. The van der Waals surface area contributed by atoms with Crippen molar-refractivity contribution in [3.63, 3.8) is 0 Å². The number of hydrogen-bond donors (Lipinski definition) is 0. The van der Waals surface area contributed by atoms with Gasteiger partial charge in [0.1, 0.15) is 0 Å². The maximum atomic E-state index is 6.12. The molecule has 0 aliphatic rings. The van der Waals surface area contributed by atoms with Crippen molar-refractivity contribution in [2.24, 2.45) is 0 Å². The third-order valence-electron chi connectivity index (χ3n) is 2.41. The van der Waals surface area contributed by atoms with Gasteiger partial charge in [0.05, 0.1) is 0 Å². The van der Waals surface area contributed by atoms with Crippen molar-refractivity contribution >= 4 is 99.5 Å². The van der Waals surface area contributed by atoms with E-state index in [0.717, 1.165) is 16.1 Å². The first-order chi connectivity index (χ1) is 8.17. The van der Waals surface area contributed by atoms with E-state index in [1.807, 2.05) is 24.3 Å². The standard InChI is InChI=1S/C10H6Cl6P2/c11-17(12)8-5-1-3-7-4-2-6-9(10(7)8)18(13,14,15)16/h1-6H. The Bertz CT molecular complexity index is 590. The molecule has 18 heavy (non-hydrogen) atoms. The summed E-state index contributed by atoms with van der Waals surface area (Å²) >= 11 is 36.5. The summed E-state index contributed by atoms with van der Waals surface area (Å²) in [6, 6.07) is 11.0. The van der Waals surface area contributed by atoms with E-state index in [-0.39, 0.29) is 0 Å². The molecule has 0 saturated heterocycles. The van der Waals surface area contributed by atoms with Crippen LogP contribution in [0.25, 0.3) is 10.8 Å². The fourth-order valence-electron chi connectivity index (χ4n) is 1.72. The van der Waals surface area contributed by atoms with Gasteiger partial charge in [-0.15, -0.1) is 0 Å². The van der Waals surface area contributed by atoms with Crippen LogP contribution in [-0.4, -0.2) is 0 Å². The van der Waals surface area contributed by atoms with E-state index < -0.39 is 10.6 Å². The van der Waals surface area contributed by atoms with Crippen molar-refractivity contribution in [3.05, 3.63) is 36.4 Å². The number of fused-ring (bicyclic) bond motifs is 1. The summed E-state index contributed by atoms with van der Waals surface area (Å²) in [5.41, 5.74) is 0. The molecule has 0 aromatic heterocycles. The van der Waals surface area contributed by atoms with E-state index in [4.69, 9.17) is 67.4 Å². The average Bonchev–Trinajstić information content (AvgIpc) is 2.25. The Morgan fingerprint density at radius 2 is 1.39 bits per heavy atom. The van der Waals surface area contributed by atoms with Gasteiger partial charge in [0, 0.05) is 0 Å². The summed E-state index contributed by atoms with van der Waals surface area (Å²) in [6.07, 6.45) is 0. The number of benzene rings is 2. The molecule has 0 fully saturated rings. The predicted octanol–water partition coefficient (Wildman–Crippen LogP) is 7.05. The molecule has 0 amide bonds. The predicted molar refractivity (Wildman–Crippen MR) is 92.2 cm³/mol. The van der Waals surface area contributed by atoms with Crippen LogP contribution in [0.3, 0.4) is 0 Å².